The second-order valence-corrected chi connectivity index (χ2v) is 10.2. The average molecular weight is 476 g/mol. The van der Waals surface area contributed by atoms with E-state index in [0.717, 1.165) is 23.0 Å². The van der Waals surface area contributed by atoms with Crippen molar-refractivity contribution >= 4 is 17.7 Å². The van der Waals surface area contributed by atoms with Crippen LogP contribution in [0.4, 0.5) is 0 Å². The van der Waals surface area contributed by atoms with Crippen LogP contribution in [-0.2, 0) is 16.1 Å². The standard InChI is InChI=1S/C21H24N2O3.C7H8.CH5N/c24-19-6-5-18(20(25)22-19)23-11-16-10-14(3-4-17(16)21(23)26)15-8-12-1-2-13(7-12)9-15;1-7-5-3-2-4-6-7;1-2/h3-4,10,12-13,15,18H,1-2,5-9,11H2,(H,22,24,25);2-6H,1H3;2H2,1H3/t12-,13+,15?,18?;;. The lowest BCUT2D eigenvalue weighted by Crippen LogP contribution is -2.52. The lowest BCUT2D eigenvalue weighted by molar-refractivity contribution is -0.136. The molecule has 186 valence electrons. The van der Waals surface area contributed by atoms with Gasteiger partial charge in [-0.15, -0.1) is 0 Å². The highest BCUT2D eigenvalue weighted by Gasteiger charge is 2.40. The molecule has 0 spiro atoms. The van der Waals surface area contributed by atoms with Crippen molar-refractivity contribution in [3.63, 3.8) is 0 Å². The number of hydrogen-bond donors (Lipinski definition) is 2. The summed E-state index contributed by atoms with van der Waals surface area (Å²) in [6.07, 6.45) is 7.45. The van der Waals surface area contributed by atoms with E-state index in [9.17, 15) is 14.4 Å². The highest BCUT2D eigenvalue weighted by Crippen LogP contribution is 2.48. The Balaban J connectivity index is 0.000000275. The largest absolute Gasteiger partial charge is 0.333 e. The summed E-state index contributed by atoms with van der Waals surface area (Å²) in [6, 6.07) is 16.0. The van der Waals surface area contributed by atoms with Crippen LogP contribution in [0.1, 0.15) is 77.9 Å². The number of amides is 3. The topological polar surface area (TPSA) is 92.5 Å². The summed E-state index contributed by atoms with van der Waals surface area (Å²) in [4.78, 5) is 38.0. The zero-order valence-corrected chi connectivity index (χ0v) is 20.8. The molecule has 6 nitrogen and oxygen atoms in total. The van der Waals surface area contributed by atoms with Crippen molar-refractivity contribution in [3.8, 4) is 0 Å². The van der Waals surface area contributed by atoms with E-state index >= 15 is 0 Å². The highest BCUT2D eigenvalue weighted by molar-refractivity contribution is 6.05. The first-order valence-corrected chi connectivity index (χ1v) is 12.8. The molecule has 2 unspecified atom stereocenters. The SMILES string of the molecule is CN.Cc1ccccc1.O=C1CCC(N2Cc3cc(C4C[C@H]5CC[C@@H](C4)C5)ccc3C2=O)C(=O)N1. The first-order chi connectivity index (χ1) is 17.0. The van der Waals surface area contributed by atoms with Crippen LogP contribution >= 0.6 is 0 Å². The van der Waals surface area contributed by atoms with Crippen molar-refractivity contribution in [3.05, 3.63) is 70.8 Å². The molecular formula is C29H37N3O3. The zero-order valence-electron chi connectivity index (χ0n) is 20.8. The molecule has 2 aromatic rings. The lowest BCUT2D eigenvalue weighted by Gasteiger charge is -2.29. The summed E-state index contributed by atoms with van der Waals surface area (Å²) in [5, 5.41) is 2.36. The minimum absolute atomic E-state index is 0.0789. The molecule has 35 heavy (non-hydrogen) atoms. The predicted molar refractivity (Wildman–Crippen MR) is 137 cm³/mol. The van der Waals surface area contributed by atoms with Crippen molar-refractivity contribution in [2.24, 2.45) is 17.6 Å². The van der Waals surface area contributed by atoms with Crippen LogP contribution in [0.25, 0.3) is 0 Å². The van der Waals surface area contributed by atoms with Gasteiger partial charge in [0.15, 0.2) is 0 Å². The van der Waals surface area contributed by atoms with Gasteiger partial charge in [0, 0.05) is 18.5 Å². The Morgan fingerprint density at radius 1 is 0.886 bits per heavy atom. The van der Waals surface area contributed by atoms with E-state index in [2.05, 4.69) is 42.2 Å². The lowest BCUT2D eigenvalue weighted by atomic mass is 9.77. The van der Waals surface area contributed by atoms with Gasteiger partial charge in [-0.2, -0.15) is 0 Å². The molecule has 2 aliphatic heterocycles. The third-order valence-electron chi connectivity index (χ3n) is 7.84. The van der Waals surface area contributed by atoms with Gasteiger partial charge in [0.2, 0.25) is 11.8 Å². The molecular weight excluding hydrogens is 438 g/mol. The van der Waals surface area contributed by atoms with Crippen molar-refractivity contribution in [1.29, 1.82) is 0 Å². The Labute approximate surface area is 208 Å². The van der Waals surface area contributed by atoms with Crippen molar-refractivity contribution in [2.75, 3.05) is 7.05 Å². The maximum Gasteiger partial charge on any atom is 0.255 e. The molecule has 4 atom stereocenters. The fourth-order valence-corrected chi connectivity index (χ4v) is 6.16. The number of aryl methyl sites for hydroxylation is 1. The van der Waals surface area contributed by atoms with Crippen molar-refractivity contribution in [1.82, 2.24) is 10.2 Å². The Kier molecular flexibility index (Phi) is 8.01. The molecule has 6 heteroatoms. The first kappa shape index (κ1) is 25.1. The minimum Gasteiger partial charge on any atom is -0.333 e. The second kappa shape index (κ2) is 11.2. The Hall–Kier alpha value is -2.99. The first-order valence-electron chi connectivity index (χ1n) is 12.8. The molecule has 0 aromatic heterocycles. The molecule has 2 bridgehead atoms. The smallest absolute Gasteiger partial charge is 0.255 e. The quantitative estimate of drug-likeness (QED) is 0.633. The van der Waals surface area contributed by atoms with Gasteiger partial charge < -0.3 is 10.6 Å². The molecule has 2 heterocycles. The second-order valence-electron chi connectivity index (χ2n) is 10.2. The van der Waals surface area contributed by atoms with Gasteiger partial charge in [-0.1, -0.05) is 60.9 Å². The van der Waals surface area contributed by atoms with Crippen molar-refractivity contribution in [2.45, 2.75) is 70.4 Å². The van der Waals surface area contributed by atoms with Gasteiger partial charge in [-0.25, -0.2) is 0 Å². The number of imide groups is 1. The molecule has 2 saturated carbocycles. The van der Waals surface area contributed by atoms with E-state index in [1.807, 2.05) is 24.3 Å². The molecule has 6 rings (SSSR count). The van der Waals surface area contributed by atoms with Gasteiger partial charge in [0.25, 0.3) is 5.91 Å². The van der Waals surface area contributed by atoms with Crippen LogP contribution in [0.3, 0.4) is 0 Å². The van der Waals surface area contributed by atoms with Crippen LogP contribution in [-0.4, -0.2) is 35.7 Å². The third kappa shape index (κ3) is 5.64. The number of fused-ring (bicyclic) bond motifs is 3. The van der Waals surface area contributed by atoms with Crippen LogP contribution in [0.2, 0.25) is 0 Å². The third-order valence-corrected chi connectivity index (χ3v) is 7.84. The van der Waals surface area contributed by atoms with E-state index in [4.69, 9.17) is 0 Å². The van der Waals surface area contributed by atoms with E-state index in [1.165, 1.54) is 50.3 Å². The Morgan fingerprint density at radius 3 is 2.17 bits per heavy atom. The number of rotatable bonds is 2. The summed E-state index contributed by atoms with van der Waals surface area (Å²) in [5.41, 5.74) is 8.94. The summed E-state index contributed by atoms with van der Waals surface area (Å²) in [6.45, 7) is 2.56. The molecule has 3 fully saturated rings. The molecule has 1 saturated heterocycles. The number of nitrogens with zero attached hydrogens (tertiary/aromatic N) is 1. The molecule has 0 radical (unpaired) electrons. The zero-order chi connectivity index (χ0) is 24.9. The summed E-state index contributed by atoms with van der Waals surface area (Å²) in [5.74, 6) is 1.72. The van der Waals surface area contributed by atoms with Gasteiger partial charge in [-0.05, 0) is 74.6 Å². The maximum absolute atomic E-state index is 12.8. The summed E-state index contributed by atoms with van der Waals surface area (Å²) in [7, 11) is 1.50. The Morgan fingerprint density at radius 2 is 1.57 bits per heavy atom. The van der Waals surface area contributed by atoms with Gasteiger partial charge in [0.1, 0.15) is 6.04 Å². The predicted octanol–water partition coefficient (Wildman–Crippen LogP) is 4.31. The van der Waals surface area contributed by atoms with E-state index in [0.29, 0.717) is 25.3 Å². The van der Waals surface area contributed by atoms with Crippen LogP contribution in [0, 0.1) is 18.8 Å². The number of hydrogen-bond acceptors (Lipinski definition) is 4. The van der Waals surface area contributed by atoms with Gasteiger partial charge >= 0.3 is 0 Å². The van der Waals surface area contributed by atoms with Crippen molar-refractivity contribution < 1.29 is 14.4 Å². The summed E-state index contributed by atoms with van der Waals surface area (Å²) < 4.78 is 0. The number of carbonyl (C=O) groups is 3. The average Bonchev–Trinajstić information content (AvgIpc) is 3.38. The van der Waals surface area contributed by atoms with Crippen LogP contribution < -0.4 is 11.1 Å². The molecule has 3 amide bonds. The number of benzene rings is 2. The molecule has 3 N–H and O–H groups in total. The number of piperidine rings is 1. The van der Waals surface area contributed by atoms with E-state index in [1.54, 1.807) is 4.90 Å². The monoisotopic (exact) mass is 475 g/mol. The van der Waals surface area contributed by atoms with E-state index < -0.39 is 6.04 Å². The van der Waals surface area contributed by atoms with Crippen LogP contribution in [0.15, 0.2) is 48.5 Å². The van der Waals surface area contributed by atoms with Gasteiger partial charge in [-0.3, -0.25) is 19.7 Å². The highest BCUT2D eigenvalue weighted by atomic mass is 16.2. The number of nitrogens with one attached hydrogen (secondary N) is 1. The normalized spacial score (nSPS) is 26.7. The fourth-order valence-electron chi connectivity index (χ4n) is 6.16. The minimum atomic E-state index is -0.526. The molecule has 4 aliphatic rings. The summed E-state index contributed by atoms with van der Waals surface area (Å²) >= 11 is 0. The van der Waals surface area contributed by atoms with Crippen LogP contribution in [0.5, 0.6) is 0 Å². The number of carbonyl (C=O) groups excluding carboxylic acids is 3. The maximum atomic E-state index is 12.8. The van der Waals surface area contributed by atoms with E-state index in [-0.39, 0.29) is 17.7 Å². The number of nitrogens with two attached hydrogens (primary N) is 1. The molecule has 2 aliphatic carbocycles. The molecule has 2 aromatic carbocycles. The Bertz CT molecular complexity index is 1060. The fraction of sp³-hybridized carbons (Fsp3) is 0.483. The van der Waals surface area contributed by atoms with Gasteiger partial charge in [0.05, 0.1) is 0 Å².